The average molecular weight is 267 g/mol. The quantitative estimate of drug-likeness (QED) is 0.832. The van der Waals surface area contributed by atoms with Crippen molar-refractivity contribution in [2.45, 2.75) is 31.6 Å². The van der Waals surface area contributed by atoms with Gasteiger partial charge in [-0.25, -0.2) is 0 Å². The molecule has 1 rings (SSSR count). The Labute approximate surface area is 113 Å². The number of thioether (sulfide) groups is 1. The summed E-state index contributed by atoms with van der Waals surface area (Å²) in [6, 6.07) is 7.60. The molecule has 100 valence electrons. The van der Waals surface area contributed by atoms with Gasteiger partial charge in [0.05, 0.1) is 12.1 Å². The molecule has 3 nitrogen and oxygen atoms in total. The minimum absolute atomic E-state index is 0.0558. The fraction of sp³-hybridized carbons (Fsp3) is 0.500. The Hall–Kier alpha value is -1.00. The molecule has 1 aromatic carbocycles. The van der Waals surface area contributed by atoms with Gasteiger partial charge in [0.1, 0.15) is 0 Å². The van der Waals surface area contributed by atoms with E-state index in [-0.39, 0.29) is 12.5 Å². The first kappa shape index (κ1) is 15.1. The lowest BCUT2D eigenvalue weighted by atomic mass is 9.99. The number of hydrogen-bond acceptors (Lipinski definition) is 3. The Morgan fingerprint density at radius 3 is 2.78 bits per heavy atom. The summed E-state index contributed by atoms with van der Waals surface area (Å²) >= 11 is 1.73. The van der Waals surface area contributed by atoms with Crippen molar-refractivity contribution in [3.05, 3.63) is 35.4 Å². The van der Waals surface area contributed by atoms with Crippen molar-refractivity contribution in [1.29, 1.82) is 0 Å². The summed E-state index contributed by atoms with van der Waals surface area (Å²) in [5.74, 6) is 0.767. The largest absolute Gasteiger partial charge is 0.394 e. The first-order valence-electron chi connectivity index (χ1n) is 6.06. The van der Waals surface area contributed by atoms with E-state index < -0.39 is 5.54 Å². The molecule has 0 aliphatic rings. The van der Waals surface area contributed by atoms with Crippen LogP contribution in [0.1, 0.15) is 36.2 Å². The van der Waals surface area contributed by atoms with E-state index in [1.807, 2.05) is 38.3 Å². The molecule has 0 bridgehead atoms. The van der Waals surface area contributed by atoms with Gasteiger partial charge < -0.3 is 10.4 Å². The van der Waals surface area contributed by atoms with Crippen molar-refractivity contribution in [1.82, 2.24) is 5.32 Å². The number of nitrogens with one attached hydrogen (secondary N) is 1. The minimum atomic E-state index is -0.549. The van der Waals surface area contributed by atoms with Crippen LogP contribution in [-0.4, -0.2) is 29.4 Å². The van der Waals surface area contributed by atoms with E-state index in [9.17, 15) is 9.90 Å². The Morgan fingerprint density at radius 2 is 2.22 bits per heavy atom. The zero-order valence-electron chi connectivity index (χ0n) is 11.2. The number of amides is 1. The van der Waals surface area contributed by atoms with Gasteiger partial charge in [0, 0.05) is 11.3 Å². The maximum absolute atomic E-state index is 12.1. The second-order valence-corrected chi connectivity index (χ2v) is 5.53. The number of rotatable bonds is 6. The molecule has 0 saturated heterocycles. The van der Waals surface area contributed by atoms with Crippen molar-refractivity contribution in [2.75, 3.05) is 12.9 Å². The second-order valence-electron chi connectivity index (χ2n) is 4.66. The van der Waals surface area contributed by atoms with Crippen LogP contribution in [0.4, 0.5) is 0 Å². The molecule has 2 N–H and O–H groups in total. The summed E-state index contributed by atoms with van der Waals surface area (Å²) < 4.78 is 0. The lowest BCUT2D eigenvalue weighted by molar-refractivity contribution is 0.0847. The Balaban J connectivity index is 2.81. The molecule has 1 amide bonds. The minimum Gasteiger partial charge on any atom is -0.394 e. The van der Waals surface area contributed by atoms with Crippen LogP contribution in [0.3, 0.4) is 0 Å². The number of aliphatic hydroxyl groups is 1. The van der Waals surface area contributed by atoms with E-state index >= 15 is 0 Å². The highest BCUT2D eigenvalue weighted by atomic mass is 32.2. The normalized spacial score (nSPS) is 14.0. The highest BCUT2D eigenvalue weighted by Crippen LogP contribution is 2.13. The molecule has 0 aromatic heterocycles. The van der Waals surface area contributed by atoms with Crippen LogP contribution in [0.5, 0.6) is 0 Å². The van der Waals surface area contributed by atoms with Gasteiger partial charge in [0.15, 0.2) is 0 Å². The smallest absolute Gasteiger partial charge is 0.251 e. The van der Waals surface area contributed by atoms with Crippen LogP contribution in [0.2, 0.25) is 0 Å². The molecule has 0 spiro atoms. The van der Waals surface area contributed by atoms with Crippen molar-refractivity contribution < 1.29 is 9.90 Å². The van der Waals surface area contributed by atoms with Crippen LogP contribution in [-0.2, 0) is 5.75 Å². The van der Waals surface area contributed by atoms with E-state index in [0.29, 0.717) is 12.0 Å². The molecule has 4 heteroatoms. The van der Waals surface area contributed by atoms with Crippen LogP contribution in [0.15, 0.2) is 24.3 Å². The molecule has 0 heterocycles. The topological polar surface area (TPSA) is 49.3 Å². The highest BCUT2D eigenvalue weighted by Gasteiger charge is 2.23. The van der Waals surface area contributed by atoms with Gasteiger partial charge in [-0.15, -0.1) is 0 Å². The molecule has 0 saturated carbocycles. The monoisotopic (exact) mass is 267 g/mol. The average Bonchev–Trinajstić information content (AvgIpc) is 2.39. The molecule has 0 fully saturated rings. The van der Waals surface area contributed by atoms with Gasteiger partial charge >= 0.3 is 0 Å². The molecule has 0 aliphatic heterocycles. The summed E-state index contributed by atoms with van der Waals surface area (Å²) in [6.45, 7) is 3.73. The summed E-state index contributed by atoms with van der Waals surface area (Å²) in [6.07, 6.45) is 2.73. The fourth-order valence-corrected chi connectivity index (χ4v) is 2.07. The third kappa shape index (κ3) is 4.03. The SMILES string of the molecule is CCC(C)(CO)NC(=O)c1cccc(CSC)c1. The molecular weight excluding hydrogens is 246 g/mol. The van der Waals surface area contributed by atoms with Crippen LogP contribution >= 0.6 is 11.8 Å². The lowest BCUT2D eigenvalue weighted by Gasteiger charge is -2.27. The first-order valence-corrected chi connectivity index (χ1v) is 7.45. The molecule has 0 radical (unpaired) electrons. The van der Waals surface area contributed by atoms with Crippen molar-refractivity contribution in [3.8, 4) is 0 Å². The molecule has 1 atom stereocenters. The Kier molecular flexibility index (Phi) is 5.69. The molecule has 0 aliphatic carbocycles. The molecule has 18 heavy (non-hydrogen) atoms. The summed E-state index contributed by atoms with van der Waals surface area (Å²) in [5, 5.41) is 12.2. The fourth-order valence-electron chi connectivity index (χ4n) is 1.55. The van der Waals surface area contributed by atoms with E-state index in [1.165, 1.54) is 0 Å². The molecule has 1 aromatic rings. The second kappa shape index (κ2) is 6.81. The summed E-state index contributed by atoms with van der Waals surface area (Å²) in [4.78, 5) is 12.1. The van der Waals surface area contributed by atoms with Crippen molar-refractivity contribution >= 4 is 17.7 Å². The van der Waals surface area contributed by atoms with Gasteiger partial charge in [0.25, 0.3) is 5.91 Å². The standard InChI is InChI=1S/C14H21NO2S/c1-4-14(2,10-16)15-13(17)12-7-5-6-11(8-12)9-18-3/h5-8,16H,4,9-10H2,1-3H3,(H,15,17). The predicted octanol–water partition coefficient (Wildman–Crippen LogP) is 2.44. The van der Waals surface area contributed by atoms with Crippen molar-refractivity contribution in [2.24, 2.45) is 0 Å². The number of aliphatic hydroxyl groups excluding tert-OH is 1. The number of benzene rings is 1. The summed E-state index contributed by atoms with van der Waals surface area (Å²) in [5.41, 5.74) is 1.24. The third-order valence-corrected chi connectivity index (χ3v) is 3.67. The van der Waals surface area contributed by atoms with E-state index in [4.69, 9.17) is 0 Å². The maximum atomic E-state index is 12.1. The van der Waals surface area contributed by atoms with Crippen molar-refractivity contribution in [3.63, 3.8) is 0 Å². The van der Waals surface area contributed by atoms with Gasteiger partial charge in [-0.05, 0) is 37.3 Å². The lowest BCUT2D eigenvalue weighted by Crippen LogP contribution is -2.48. The highest BCUT2D eigenvalue weighted by molar-refractivity contribution is 7.97. The third-order valence-electron chi connectivity index (χ3n) is 3.04. The zero-order valence-corrected chi connectivity index (χ0v) is 12.0. The van der Waals surface area contributed by atoms with Crippen LogP contribution in [0, 0.1) is 0 Å². The molecular formula is C14H21NO2S. The van der Waals surface area contributed by atoms with Gasteiger partial charge in [0.2, 0.25) is 0 Å². The van der Waals surface area contributed by atoms with E-state index in [0.717, 1.165) is 11.3 Å². The molecule has 1 unspecified atom stereocenters. The van der Waals surface area contributed by atoms with Gasteiger partial charge in [-0.3, -0.25) is 4.79 Å². The van der Waals surface area contributed by atoms with E-state index in [1.54, 1.807) is 17.8 Å². The zero-order chi connectivity index (χ0) is 13.6. The number of carbonyl (C=O) groups is 1. The Morgan fingerprint density at radius 1 is 1.50 bits per heavy atom. The predicted molar refractivity (Wildman–Crippen MR) is 76.9 cm³/mol. The van der Waals surface area contributed by atoms with Crippen LogP contribution in [0.25, 0.3) is 0 Å². The number of carbonyl (C=O) groups excluding carboxylic acids is 1. The van der Waals surface area contributed by atoms with E-state index in [2.05, 4.69) is 5.32 Å². The Bertz CT molecular complexity index is 403. The number of hydrogen-bond donors (Lipinski definition) is 2. The van der Waals surface area contributed by atoms with Gasteiger partial charge in [-0.2, -0.15) is 11.8 Å². The van der Waals surface area contributed by atoms with Crippen LogP contribution < -0.4 is 5.32 Å². The first-order chi connectivity index (χ1) is 8.54. The maximum Gasteiger partial charge on any atom is 0.251 e. The van der Waals surface area contributed by atoms with Gasteiger partial charge in [-0.1, -0.05) is 19.1 Å². The summed E-state index contributed by atoms with van der Waals surface area (Å²) in [7, 11) is 0.